The van der Waals surface area contributed by atoms with Gasteiger partial charge in [-0.2, -0.15) is 0 Å². The molecule has 0 aliphatic heterocycles. The molecule has 6 heteroatoms. The molecule has 1 N–H and O–H groups in total. The largest absolute Gasteiger partial charge is 0.462 e. The van der Waals surface area contributed by atoms with Crippen LogP contribution in [0.5, 0.6) is 0 Å². The van der Waals surface area contributed by atoms with E-state index in [9.17, 15) is 9.59 Å². The van der Waals surface area contributed by atoms with Crippen LogP contribution in [0.2, 0.25) is 5.02 Å². The molecular formula is C19H20ClNO3S. The molecule has 2 aromatic rings. The van der Waals surface area contributed by atoms with Gasteiger partial charge in [-0.15, -0.1) is 11.3 Å². The highest BCUT2D eigenvalue weighted by Gasteiger charge is 2.28. The van der Waals surface area contributed by atoms with Crippen molar-refractivity contribution in [3.05, 3.63) is 50.9 Å². The number of nitrogens with one attached hydrogen (secondary N) is 1. The maximum atomic E-state index is 12.4. The summed E-state index contributed by atoms with van der Waals surface area (Å²) in [5, 5.41) is 4.19. The smallest absolute Gasteiger partial charge is 0.341 e. The van der Waals surface area contributed by atoms with E-state index in [2.05, 4.69) is 5.32 Å². The minimum Gasteiger partial charge on any atom is -0.462 e. The molecule has 1 aromatic carbocycles. The van der Waals surface area contributed by atoms with Crippen LogP contribution in [0.15, 0.2) is 24.3 Å². The predicted octanol–water partition coefficient (Wildman–Crippen LogP) is 4.64. The molecule has 1 aliphatic carbocycles. The Morgan fingerprint density at radius 2 is 2.08 bits per heavy atom. The third-order valence-corrected chi connectivity index (χ3v) is 5.81. The van der Waals surface area contributed by atoms with E-state index in [-0.39, 0.29) is 11.9 Å². The minimum atomic E-state index is -0.344. The number of hydrogen-bond acceptors (Lipinski definition) is 4. The number of thiophene rings is 1. The summed E-state index contributed by atoms with van der Waals surface area (Å²) in [5.74, 6) is -0.464. The molecule has 4 nitrogen and oxygen atoms in total. The molecule has 0 saturated heterocycles. The van der Waals surface area contributed by atoms with Crippen LogP contribution in [0.4, 0.5) is 5.00 Å². The highest BCUT2D eigenvalue weighted by Crippen LogP contribution is 2.39. The van der Waals surface area contributed by atoms with E-state index in [0.717, 1.165) is 30.4 Å². The average Bonchev–Trinajstić information content (AvgIpc) is 3.14. The number of aryl methyl sites for hydroxylation is 2. The van der Waals surface area contributed by atoms with Crippen molar-refractivity contribution < 1.29 is 14.3 Å². The quantitative estimate of drug-likeness (QED) is 0.746. The molecule has 132 valence electrons. The van der Waals surface area contributed by atoms with Crippen LogP contribution in [-0.4, -0.2) is 18.5 Å². The Labute approximate surface area is 156 Å². The molecule has 0 spiro atoms. The van der Waals surface area contributed by atoms with Gasteiger partial charge in [0, 0.05) is 16.3 Å². The molecule has 1 heterocycles. The summed E-state index contributed by atoms with van der Waals surface area (Å²) in [6.07, 6.45) is 3.76. The molecule has 0 unspecified atom stereocenters. The molecule has 3 rings (SSSR count). The van der Waals surface area contributed by atoms with Crippen molar-refractivity contribution in [2.45, 2.75) is 39.0 Å². The van der Waals surface area contributed by atoms with Crippen LogP contribution < -0.4 is 5.32 Å². The number of esters is 1. The van der Waals surface area contributed by atoms with Crippen LogP contribution in [0, 0.1) is 0 Å². The highest BCUT2D eigenvalue weighted by molar-refractivity contribution is 7.17. The Balaban J connectivity index is 1.71. The summed E-state index contributed by atoms with van der Waals surface area (Å²) >= 11 is 7.63. The number of fused-ring (bicyclic) bond motifs is 1. The number of halogens is 1. The van der Waals surface area contributed by atoms with Gasteiger partial charge in [0.05, 0.1) is 12.2 Å². The van der Waals surface area contributed by atoms with Gasteiger partial charge >= 0.3 is 5.97 Å². The topological polar surface area (TPSA) is 55.4 Å². The van der Waals surface area contributed by atoms with Crippen LogP contribution >= 0.6 is 22.9 Å². The zero-order chi connectivity index (χ0) is 17.8. The zero-order valence-electron chi connectivity index (χ0n) is 14.1. The van der Waals surface area contributed by atoms with Gasteiger partial charge in [-0.3, -0.25) is 4.79 Å². The minimum absolute atomic E-state index is 0.120. The summed E-state index contributed by atoms with van der Waals surface area (Å²) in [5.41, 5.74) is 2.54. The van der Waals surface area contributed by atoms with E-state index in [1.54, 1.807) is 6.92 Å². The molecule has 1 aromatic heterocycles. The van der Waals surface area contributed by atoms with Crippen LogP contribution in [0.3, 0.4) is 0 Å². The Kier molecular flexibility index (Phi) is 5.76. The van der Waals surface area contributed by atoms with Gasteiger partial charge in [0.2, 0.25) is 5.91 Å². The van der Waals surface area contributed by atoms with E-state index < -0.39 is 0 Å². The fourth-order valence-corrected chi connectivity index (χ4v) is 4.57. The van der Waals surface area contributed by atoms with Crippen molar-refractivity contribution in [1.29, 1.82) is 0 Å². The van der Waals surface area contributed by atoms with Gasteiger partial charge in [-0.05, 0) is 49.8 Å². The summed E-state index contributed by atoms with van der Waals surface area (Å²) in [6.45, 7) is 2.11. The molecule has 0 saturated carbocycles. The first-order valence-corrected chi connectivity index (χ1v) is 9.64. The van der Waals surface area contributed by atoms with E-state index in [4.69, 9.17) is 16.3 Å². The summed E-state index contributed by atoms with van der Waals surface area (Å²) < 4.78 is 5.18. The number of carbonyl (C=O) groups excluding carboxylic acids is 2. The second-order valence-corrected chi connectivity index (χ2v) is 7.43. The lowest BCUT2D eigenvalue weighted by Gasteiger charge is -2.08. The fourth-order valence-electron chi connectivity index (χ4n) is 3.05. The third-order valence-electron chi connectivity index (χ3n) is 4.23. The lowest BCUT2D eigenvalue weighted by molar-refractivity contribution is -0.116. The molecule has 0 fully saturated rings. The Morgan fingerprint density at radius 3 is 2.84 bits per heavy atom. The van der Waals surface area contributed by atoms with E-state index >= 15 is 0 Å². The van der Waals surface area contributed by atoms with E-state index in [1.165, 1.54) is 16.2 Å². The first-order chi connectivity index (χ1) is 12.1. The maximum absolute atomic E-state index is 12.4. The molecule has 1 aliphatic rings. The summed E-state index contributed by atoms with van der Waals surface area (Å²) in [4.78, 5) is 25.8. The van der Waals surface area contributed by atoms with Crippen molar-refractivity contribution in [3.63, 3.8) is 0 Å². The summed E-state index contributed by atoms with van der Waals surface area (Å²) in [6, 6.07) is 7.50. The van der Waals surface area contributed by atoms with Gasteiger partial charge in [-0.1, -0.05) is 29.8 Å². The molecule has 25 heavy (non-hydrogen) atoms. The Hall–Kier alpha value is -1.85. The number of hydrogen-bond donors (Lipinski definition) is 1. The summed E-state index contributed by atoms with van der Waals surface area (Å²) in [7, 11) is 0. The van der Waals surface area contributed by atoms with E-state index in [1.807, 2.05) is 24.3 Å². The first kappa shape index (κ1) is 18.0. The lowest BCUT2D eigenvalue weighted by Crippen LogP contribution is -2.15. The van der Waals surface area contributed by atoms with Gasteiger partial charge in [0.15, 0.2) is 0 Å². The number of rotatable bonds is 6. The lowest BCUT2D eigenvalue weighted by atomic mass is 10.1. The SMILES string of the molecule is CCOC(=O)c1c(NC(=O)CCc2ccccc2Cl)sc2c1CCC2. The molecule has 1 amide bonds. The van der Waals surface area contributed by atoms with Crippen molar-refractivity contribution in [2.24, 2.45) is 0 Å². The maximum Gasteiger partial charge on any atom is 0.341 e. The van der Waals surface area contributed by atoms with Crippen molar-refractivity contribution in [2.75, 3.05) is 11.9 Å². The Bertz CT molecular complexity index is 800. The standard InChI is InChI=1S/C19H20ClNO3S/c1-2-24-19(23)17-13-7-5-9-15(13)25-18(17)21-16(22)11-10-12-6-3-4-8-14(12)20/h3-4,6,8H,2,5,7,9-11H2,1H3,(H,21,22). The van der Waals surface area contributed by atoms with Crippen molar-refractivity contribution >= 4 is 39.8 Å². The third kappa shape index (κ3) is 4.05. The highest BCUT2D eigenvalue weighted by atomic mass is 35.5. The van der Waals surface area contributed by atoms with Gasteiger partial charge in [0.1, 0.15) is 5.00 Å². The number of carbonyl (C=O) groups is 2. The van der Waals surface area contributed by atoms with Crippen LogP contribution in [0.1, 0.15) is 46.1 Å². The second-order valence-electron chi connectivity index (χ2n) is 5.92. The predicted molar refractivity (Wildman–Crippen MR) is 101 cm³/mol. The number of benzene rings is 1. The van der Waals surface area contributed by atoms with Gasteiger partial charge < -0.3 is 10.1 Å². The average molecular weight is 378 g/mol. The molecular weight excluding hydrogens is 358 g/mol. The van der Waals surface area contributed by atoms with Gasteiger partial charge in [-0.25, -0.2) is 4.79 Å². The molecule has 0 bridgehead atoms. The fraction of sp³-hybridized carbons (Fsp3) is 0.368. The van der Waals surface area contributed by atoms with Crippen LogP contribution in [0.25, 0.3) is 0 Å². The van der Waals surface area contributed by atoms with Gasteiger partial charge in [0.25, 0.3) is 0 Å². The molecule has 0 radical (unpaired) electrons. The second kappa shape index (κ2) is 8.02. The number of amides is 1. The number of ether oxygens (including phenoxy) is 1. The Morgan fingerprint density at radius 1 is 1.28 bits per heavy atom. The number of anilines is 1. The van der Waals surface area contributed by atoms with Crippen molar-refractivity contribution in [3.8, 4) is 0 Å². The zero-order valence-corrected chi connectivity index (χ0v) is 15.6. The normalized spacial score (nSPS) is 12.7. The monoisotopic (exact) mass is 377 g/mol. The van der Waals surface area contributed by atoms with Crippen molar-refractivity contribution in [1.82, 2.24) is 0 Å². The van der Waals surface area contributed by atoms with Crippen LogP contribution in [-0.2, 0) is 28.8 Å². The first-order valence-electron chi connectivity index (χ1n) is 8.45. The molecule has 0 atom stereocenters. The van der Waals surface area contributed by atoms with E-state index in [0.29, 0.717) is 35.0 Å².